The summed E-state index contributed by atoms with van der Waals surface area (Å²) in [6, 6.07) is 9.58. The highest BCUT2D eigenvalue weighted by molar-refractivity contribution is 5.96. The third-order valence-corrected chi connectivity index (χ3v) is 5.30. The molecule has 0 spiro atoms. The van der Waals surface area contributed by atoms with Crippen LogP contribution in [0.1, 0.15) is 29.8 Å². The second-order valence-corrected chi connectivity index (χ2v) is 7.80. The molecule has 0 saturated heterocycles. The number of aliphatic hydroxyl groups is 1. The first-order valence-electron chi connectivity index (χ1n) is 9.85. The molecule has 0 bridgehead atoms. The number of benzene rings is 1. The fraction of sp³-hybridized carbons (Fsp3) is 0.455. The van der Waals surface area contributed by atoms with E-state index >= 15 is 0 Å². The molecule has 2 heterocycles. The molecule has 3 atom stereocenters. The van der Waals surface area contributed by atoms with Gasteiger partial charge in [0.15, 0.2) is 0 Å². The molecule has 156 valence electrons. The van der Waals surface area contributed by atoms with Crippen LogP contribution in [0.15, 0.2) is 42.6 Å². The van der Waals surface area contributed by atoms with Crippen LogP contribution in [-0.2, 0) is 6.54 Å². The fourth-order valence-electron chi connectivity index (χ4n) is 3.54. The Hall–Kier alpha value is -2.51. The molecular formula is C22H28FN3O3. The minimum absolute atomic E-state index is 0.0266. The molecule has 1 N–H and O–H groups in total. The third kappa shape index (κ3) is 5.10. The molecule has 6 nitrogen and oxygen atoms in total. The Morgan fingerprint density at radius 3 is 2.76 bits per heavy atom. The molecule has 0 fully saturated rings. The second kappa shape index (κ2) is 9.33. The molecular weight excluding hydrogens is 373 g/mol. The van der Waals surface area contributed by atoms with Crippen LogP contribution in [0, 0.1) is 11.7 Å². The standard InChI is InChI=1S/C22H28FN3O3/c1-15-11-26(16(2)14-27)22(28)19-5-4-10-24-21(19)29-20(15)13-25(3)12-17-6-8-18(23)9-7-17/h4-10,15-16,20,27H,11-14H2,1-3H3/t15-,16+,20-/m0/s1. The van der Waals surface area contributed by atoms with Crippen molar-refractivity contribution in [3.63, 3.8) is 0 Å². The lowest BCUT2D eigenvalue weighted by atomic mass is 10.00. The number of carbonyl (C=O) groups excluding carboxylic acids is 1. The zero-order valence-corrected chi connectivity index (χ0v) is 17.1. The Morgan fingerprint density at radius 1 is 1.34 bits per heavy atom. The number of amides is 1. The summed E-state index contributed by atoms with van der Waals surface area (Å²) in [5.74, 6) is -0.0865. The number of fused-ring (bicyclic) bond motifs is 1. The van der Waals surface area contributed by atoms with Gasteiger partial charge in [-0.3, -0.25) is 9.69 Å². The van der Waals surface area contributed by atoms with Crippen LogP contribution in [0.3, 0.4) is 0 Å². The molecule has 2 aromatic rings. The summed E-state index contributed by atoms with van der Waals surface area (Å²) < 4.78 is 19.3. The molecule has 1 aliphatic rings. The SMILES string of the molecule is C[C@H](CO)N1C[C@H](C)[C@H](CN(C)Cc2ccc(F)cc2)Oc2ncccc2C1=O. The first kappa shape index (κ1) is 21.2. The van der Waals surface area contributed by atoms with E-state index in [9.17, 15) is 14.3 Å². The largest absolute Gasteiger partial charge is 0.472 e. The van der Waals surface area contributed by atoms with Crippen molar-refractivity contribution >= 4 is 5.91 Å². The Balaban J connectivity index is 1.80. The number of likely N-dealkylation sites (N-methyl/N-ethyl adjacent to an activating group) is 1. The number of halogens is 1. The number of aromatic nitrogens is 1. The van der Waals surface area contributed by atoms with E-state index < -0.39 is 0 Å². The van der Waals surface area contributed by atoms with Crippen LogP contribution < -0.4 is 4.74 Å². The average molecular weight is 401 g/mol. The van der Waals surface area contributed by atoms with Gasteiger partial charge in [0, 0.05) is 31.7 Å². The molecule has 0 aliphatic carbocycles. The van der Waals surface area contributed by atoms with Gasteiger partial charge >= 0.3 is 0 Å². The number of aliphatic hydroxyl groups excluding tert-OH is 1. The molecule has 1 aromatic heterocycles. The topological polar surface area (TPSA) is 65.9 Å². The van der Waals surface area contributed by atoms with Gasteiger partial charge in [-0.15, -0.1) is 0 Å². The number of nitrogens with zero attached hydrogens (tertiary/aromatic N) is 3. The molecule has 0 saturated carbocycles. The number of hydrogen-bond donors (Lipinski definition) is 1. The van der Waals surface area contributed by atoms with Crippen molar-refractivity contribution in [2.45, 2.75) is 32.5 Å². The summed E-state index contributed by atoms with van der Waals surface area (Å²) in [6.45, 7) is 5.50. The monoisotopic (exact) mass is 401 g/mol. The minimum atomic E-state index is -0.297. The van der Waals surface area contributed by atoms with Crippen molar-refractivity contribution in [1.29, 1.82) is 0 Å². The highest BCUT2D eigenvalue weighted by Crippen LogP contribution is 2.26. The van der Waals surface area contributed by atoms with Crippen molar-refractivity contribution < 1.29 is 19.0 Å². The first-order valence-corrected chi connectivity index (χ1v) is 9.85. The molecule has 0 radical (unpaired) electrons. The van der Waals surface area contributed by atoms with Gasteiger partial charge in [-0.1, -0.05) is 19.1 Å². The minimum Gasteiger partial charge on any atom is -0.472 e. The molecule has 1 aliphatic heterocycles. The Labute approximate surface area is 170 Å². The van der Waals surface area contributed by atoms with Crippen LogP contribution in [0.25, 0.3) is 0 Å². The van der Waals surface area contributed by atoms with Gasteiger partial charge in [0.1, 0.15) is 17.5 Å². The first-order chi connectivity index (χ1) is 13.9. The van der Waals surface area contributed by atoms with Gasteiger partial charge in [-0.05, 0) is 43.8 Å². The number of carbonyl (C=O) groups is 1. The van der Waals surface area contributed by atoms with E-state index in [0.29, 0.717) is 31.1 Å². The van der Waals surface area contributed by atoms with Crippen molar-refractivity contribution in [2.24, 2.45) is 5.92 Å². The quantitative estimate of drug-likeness (QED) is 0.806. The van der Waals surface area contributed by atoms with Gasteiger partial charge < -0.3 is 14.7 Å². The summed E-state index contributed by atoms with van der Waals surface area (Å²) in [5, 5.41) is 9.62. The number of ether oxygens (including phenoxy) is 1. The van der Waals surface area contributed by atoms with Gasteiger partial charge in [0.25, 0.3) is 5.91 Å². The van der Waals surface area contributed by atoms with Gasteiger partial charge in [0.05, 0.1) is 12.6 Å². The van der Waals surface area contributed by atoms with Crippen molar-refractivity contribution in [3.05, 3.63) is 59.5 Å². The zero-order valence-electron chi connectivity index (χ0n) is 17.1. The van der Waals surface area contributed by atoms with Crippen LogP contribution in [0.5, 0.6) is 5.88 Å². The number of hydrogen-bond acceptors (Lipinski definition) is 5. The molecule has 7 heteroatoms. The van der Waals surface area contributed by atoms with Crippen LogP contribution in [-0.4, -0.2) is 64.7 Å². The van der Waals surface area contributed by atoms with E-state index in [1.807, 2.05) is 20.9 Å². The maximum Gasteiger partial charge on any atom is 0.259 e. The zero-order chi connectivity index (χ0) is 21.0. The summed E-state index contributed by atoms with van der Waals surface area (Å²) >= 11 is 0. The fourth-order valence-corrected chi connectivity index (χ4v) is 3.54. The molecule has 1 amide bonds. The van der Waals surface area contributed by atoms with E-state index in [-0.39, 0.29) is 36.4 Å². The maximum atomic E-state index is 13.1. The van der Waals surface area contributed by atoms with E-state index in [0.717, 1.165) is 5.56 Å². The highest BCUT2D eigenvalue weighted by Gasteiger charge is 2.33. The Kier molecular flexibility index (Phi) is 6.82. The number of pyridine rings is 1. The van der Waals surface area contributed by atoms with Gasteiger partial charge in [0.2, 0.25) is 5.88 Å². The van der Waals surface area contributed by atoms with E-state index in [1.54, 1.807) is 35.4 Å². The normalized spacial score (nSPS) is 20.6. The van der Waals surface area contributed by atoms with E-state index in [2.05, 4.69) is 9.88 Å². The van der Waals surface area contributed by atoms with E-state index in [4.69, 9.17) is 4.74 Å². The summed E-state index contributed by atoms with van der Waals surface area (Å²) in [7, 11) is 1.98. The van der Waals surface area contributed by atoms with Crippen molar-refractivity contribution in [3.8, 4) is 5.88 Å². The predicted molar refractivity (Wildman–Crippen MR) is 108 cm³/mol. The molecule has 3 rings (SSSR count). The summed E-state index contributed by atoms with van der Waals surface area (Å²) in [5.41, 5.74) is 1.42. The van der Waals surface area contributed by atoms with Gasteiger partial charge in [-0.25, -0.2) is 9.37 Å². The van der Waals surface area contributed by atoms with Gasteiger partial charge in [-0.2, -0.15) is 0 Å². The Bertz CT molecular complexity index is 830. The maximum absolute atomic E-state index is 13.1. The van der Waals surface area contributed by atoms with Crippen LogP contribution in [0.2, 0.25) is 0 Å². The lowest BCUT2D eigenvalue weighted by Gasteiger charge is -2.37. The lowest BCUT2D eigenvalue weighted by Crippen LogP contribution is -2.49. The smallest absolute Gasteiger partial charge is 0.259 e. The molecule has 1 aromatic carbocycles. The van der Waals surface area contributed by atoms with Crippen molar-refractivity contribution in [2.75, 3.05) is 26.7 Å². The second-order valence-electron chi connectivity index (χ2n) is 7.80. The lowest BCUT2D eigenvalue weighted by molar-refractivity contribution is 0.0325. The third-order valence-electron chi connectivity index (χ3n) is 5.30. The van der Waals surface area contributed by atoms with Crippen molar-refractivity contribution in [1.82, 2.24) is 14.8 Å². The summed E-state index contributed by atoms with van der Waals surface area (Å²) in [6.07, 6.45) is 1.41. The predicted octanol–water partition coefficient (Wildman–Crippen LogP) is 2.57. The Morgan fingerprint density at radius 2 is 2.07 bits per heavy atom. The highest BCUT2D eigenvalue weighted by atomic mass is 19.1. The molecule has 0 unspecified atom stereocenters. The average Bonchev–Trinajstić information content (AvgIpc) is 2.71. The van der Waals surface area contributed by atoms with Crippen LogP contribution in [0.4, 0.5) is 4.39 Å². The van der Waals surface area contributed by atoms with Crippen LogP contribution >= 0.6 is 0 Å². The summed E-state index contributed by atoms with van der Waals surface area (Å²) in [4.78, 5) is 21.1. The number of rotatable bonds is 6. The van der Waals surface area contributed by atoms with E-state index in [1.165, 1.54) is 12.1 Å². The molecule has 29 heavy (non-hydrogen) atoms.